The van der Waals surface area contributed by atoms with E-state index in [1.807, 2.05) is 0 Å². The first kappa shape index (κ1) is 13.4. The first-order valence-corrected chi connectivity index (χ1v) is 8.09. The Kier molecular flexibility index (Phi) is 4.21. The van der Waals surface area contributed by atoms with Gasteiger partial charge in [-0.05, 0) is 48.3 Å². The average molecular weight is 236 g/mol. The molecular formula is C17H32. The van der Waals surface area contributed by atoms with Crippen molar-refractivity contribution in [3.8, 4) is 0 Å². The van der Waals surface area contributed by atoms with E-state index < -0.39 is 0 Å². The van der Waals surface area contributed by atoms with Crippen LogP contribution in [0, 0.1) is 29.1 Å². The molecule has 0 aromatic carbocycles. The van der Waals surface area contributed by atoms with Crippen LogP contribution in [-0.4, -0.2) is 0 Å². The fraction of sp³-hybridized carbons (Fsp3) is 1.00. The summed E-state index contributed by atoms with van der Waals surface area (Å²) in [6, 6.07) is 0. The average Bonchev–Trinajstić information content (AvgIpc) is 2.64. The van der Waals surface area contributed by atoms with Gasteiger partial charge in [0.05, 0.1) is 0 Å². The van der Waals surface area contributed by atoms with Gasteiger partial charge in [0.25, 0.3) is 0 Å². The quantitative estimate of drug-likeness (QED) is 0.590. The maximum absolute atomic E-state index is 2.63. The summed E-state index contributed by atoms with van der Waals surface area (Å²) in [4.78, 5) is 0. The number of rotatable bonds is 4. The Bertz CT molecular complexity index is 244. The molecule has 0 amide bonds. The van der Waals surface area contributed by atoms with Crippen LogP contribution in [0.25, 0.3) is 0 Å². The van der Waals surface area contributed by atoms with Crippen LogP contribution in [0.3, 0.4) is 0 Å². The van der Waals surface area contributed by atoms with Crippen molar-refractivity contribution in [3.05, 3.63) is 0 Å². The SMILES string of the molecule is CCCC[C@H](C)[C@H]1CC[C@H]2[C@@H](C)CCC[C@]12C. The molecule has 0 spiro atoms. The molecule has 17 heavy (non-hydrogen) atoms. The molecule has 0 aliphatic heterocycles. The highest BCUT2D eigenvalue weighted by atomic mass is 14.6. The highest BCUT2D eigenvalue weighted by Gasteiger charge is 2.50. The van der Waals surface area contributed by atoms with Gasteiger partial charge in [-0.1, -0.05) is 59.8 Å². The molecule has 0 aromatic rings. The maximum Gasteiger partial charge on any atom is -0.0264 e. The molecular weight excluding hydrogens is 204 g/mol. The third kappa shape index (κ3) is 2.42. The summed E-state index contributed by atoms with van der Waals surface area (Å²) in [5, 5.41) is 0. The van der Waals surface area contributed by atoms with Gasteiger partial charge in [-0.3, -0.25) is 0 Å². The molecule has 0 unspecified atom stereocenters. The molecule has 2 rings (SSSR count). The van der Waals surface area contributed by atoms with Crippen LogP contribution in [0.4, 0.5) is 0 Å². The van der Waals surface area contributed by atoms with Gasteiger partial charge in [-0.25, -0.2) is 0 Å². The summed E-state index contributed by atoms with van der Waals surface area (Å²) in [5.41, 5.74) is 0.699. The van der Waals surface area contributed by atoms with E-state index in [1.54, 1.807) is 0 Å². The minimum absolute atomic E-state index is 0.699. The highest BCUT2D eigenvalue weighted by molar-refractivity contribution is 5.00. The van der Waals surface area contributed by atoms with Crippen molar-refractivity contribution in [2.75, 3.05) is 0 Å². The molecule has 2 aliphatic carbocycles. The monoisotopic (exact) mass is 236 g/mol. The minimum atomic E-state index is 0.699. The predicted octanol–water partition coefficient (Wildman–Crippen LogP) is 5.67. The molecule has 2 fully saturated rings. The Balaban J connectivity index is 2.04. The topological polar surface area (TPSA) is 0 Å². The lowest BCUT2D eigenvalue weighted by molar-refractivity contribution is 0.0348. The highest BCUT2D eigenvalue weighted by Crippen LogP contribution is 2.59. The van der Waals surface area contributed by atoms with Gasteiger partial charge in [0.1, 0.15) is 0 Å². The van der Waals surface area contributed by atoms with E-state index in [1.165, 1.54) is 51.4 Å². The molecule has 2 saturated carbocycles. The molecule has 0 N–H and O–H groups in total. The van der Waals surface area contributed by atoms with E-state index in [-0.39, 0.29) is 0 Å². The molecule has 2 aliphatic rings. The fourth-order valence-corrected chi connectivity index (χ4v) is 5.27. The third-order valence-electron chi connectivity index (χ3n) is 6.24. The molecule has 5 atom stereocenters. The lowest BCUT2D eigenvalue weighted by atomic mass is 9.59. The van der Waals surface area contributed by atoms with Crippen LogP contribution in [0.15, 0.2) is 0 Å². The van der Waals surface area contributed by atoms with Crippen molar-refractivity contribution in [2.24, 2.45) is 29.1 Å². The Morgan fingerprint density at radius 1 is 1.24 bits per heavy atom. The third-order valence-corrected chi connectivity index (χ3v) is 6.24. The van der Waals surface area contributed by atoms with Crippen molar-refractivity contribution >= 4 is 0 Å². The van der Waals surface area contributed by atoms with Crippen molar-refractivity contribution in [2.45, 2.75) is 79.1 Å². The van der Waals surface area contributed by atoms with Gasteiger partial charge in [0.2, 0.25) is 0 Å². The summed E-state index contributed by atoms with van der Waals surface area (Å²) in [6.07, 6.45) is 11.8. The van der Waals surface area contributed by atoms with Gasteiger partial charge in [0.15, 0.2) is 0 Å². The normalized spacial score (nSPS) is 43.4. The molecule has 100 valence electrons. The number of unbranched alkanes of at least 4 members (excludes halogenated alkanes) is 1. The van der Waals surface area contributed by atoms with E-state index in [0.717, 1.165) is 23.7 Å². The van der Waals surface area contributed by atoms with Gasteiger partial charge in [-0.15, -0.1) is 0 Å². The summed E-state index contributed by atoms with van der Waals surface area (Å²) in [7, 11) is 0. The van der Waals surface area contributed by atoms with Crippen LogP contribution in [-0.2, 0) is 0 Å². The lowest BCUT2D eigenvalue weighted by Gasteiger charge is -2.46. The second kappa shape index (κ2) is 5.33. The first-order valence-electron chi connectivity index (χ1n) is 8.09. The minimum Gasteiger partial charge on any atom is -0.0654 e. The van der Waals surface area contributed by atoms with Crippen molar-refractivity contribution in [1.82, 2.24) is 0 Å². The van der Waals surface area contributed by atoms with Crippen LogP contribution in [0.5, 0.6) is 0 Å². The first-order chi connectivity index (χ1) is 8.09. The van der Waals surface area contributed by atoms with Crippen LogP contribution in [0.2, 0.25) is 0 Å². The Morgan fingerprint density at radius 2 is 2.00 bits per heavy atom. The van der Waals surface area contributed by atoms with Gasteiger partial charge < -0.3 is 0 Å². The van der Waals surface area contributed by atoms with Gasteiger partial charge in [0, 0.05) is 0 Å². The van der Waals surface area contributed by atoms with Crippen LogP contribution < -0.4 is 0 Å². The zero-order chi connectivity index (χ0) is 12.5. The summed E-state index contributed by atoms with van der Waals surface area (Å²) in [5.74, 6) is 4.04. The number of hydrogen-bond acceptors (Lipinski definition) is 0. The van der Waals surface area contributed by atoms with Crippen LogP contribution >= 0.6 is 0 Å². The maximum atomic E-state index is 2.63. The smallest absolute Gasteiger partial charge is 0.0264 e. The van der Waals surface area contributed by atoms with E-state index >= 15 is 0 Å². The Hall–Kier alpha value is 0. The Labute approximate surface area is 109 Å². The largest absolute Gasteiger partial charge is 0.0654 e. The van der Waals surface area contributed by atoms with E-state index in [0.29, 0.717) is 5.41 Å². The molecule has 0 heterocycles. The van der Waals surface area contributed by atoms with E-state index in [9.17, 15) is 0 Å². The molecule has 0 radical (unpaired) electrons. The van der Waals surface area contributed by atoms with E-state index in [2.05, 4.69) is 27.7 Å². The lowest BCUT2D eigenvalue weighted by Crippen LogP contribution is -2.38. The van der Waals surface area contributed by atoms with Gasteiger partial charge >= 0.3 is 0 Å². The van der Waals surface area contributed by atoms with Crippen molar-refractivity contribution in [1.29, 1.82) is 0 Å². The van der Waals surface area contributed by atoms with Crippen LogP contribution in [0.1, 0.15) is 79.1 Å². The predicted molar refractivity (Wildman–Crippen MR) is 76.0 cm³/mol. The number of hydrogen-bond donors (Lipinski definition) is 0. The zero-order valence-corrected chi connectivity index (χ0v) is 12.5. The van der Waals surface area contributed by atoms with E-state index in [4.69, 9.17) is 0 Å². The summed E-state index contributed by atoms with van der Waals surface area (Å²) in [6.45, 7) is 10.0. The molecule has 0 saturated heterocycles. The number of fused-ring (bicyclic) bond motifs is 1. The van der Waals surface area contributed by atoms with Crippen molar-refractivity contribution < 1.29 is 0 Å². The summed E-state index contributed by atoms with van der Waals surface area (Å²) < 4.78 is 0. The second-order valence-electron chi connectivity index (χ2n) is 7.29. The standard InChI is InChI=1S/C17H32/c1-5-6-8-13(2)15-10-11-16-14(3)9-7-12-17(15,16)4/h13-16H,5-12H2,1-4H3/t13-,14-,15+,16-,17+/m0/s1. The molecule has 0 nitrogen and oxygen atoms in total. The second-order valence-corrected chi connectivity index (χ2v) is 7.29. The fourth-order valence-electron chi connectivity index (χ4n) is 5.27. The Morgan fingerprint density at radius 3 is 2.71 bits per heavy atom. The zero-order valence-electron chi connectivity index (χ0n) is 12.5. The molecule has 0 heteroatoms. The molecule has 0 aromatic heterocycles. The van der Waals surface area contributed by atoms with Crippen molar-refractivity contribution in [3.63, 3.8) is 0 Å². The van der Waals surface area contributed by atoms with Gasteiger partial charge in [-0.2, -0.15) is 0 Å². The summed E-state index contributed by atoms with van der Waals surface area (Å²) >= 11 is 0. The molecule has 0 bridgehead atoms.